The third-order valence-electron chi connectivity index (χ3n) is 5.00. The van der Waals surface area contributed by atoms with Gasteiger partial charge >= 0.3 is 0 Å². The van der Waals surface area contributed by atoms with Crippen molar-refractivity contribution in [2.75, 3.05) is 13.1 Å². The van der Waals surface area contributed by atoms with Crippen LogP contribution in [0, 0.1) is 22.0 Å². The Bertz CT molecular complexity index is 816. The van der Waals surface area contributed by atoms with Gasteiger partial charge < -0.3 is 0 Å². The van der Waals surface area contributed by atoms with E-state index in [-0.39, 0.29) is 22.4 Å². The van der Waals surface area contributed by atoms with Crippen molar-refractivity contribution in [1.29, 1.82) is 0 Å². The SMILES string of the molecule is CC(C)=C1[C@@H]2CC=CC[C@H]1CN(S(=O)(=O)c1ccc([N+](=O)[O-])cc1)C2. The molecule has 2 aliphatic rings. The molecule has 0 saturated carbocycles. The Balaban J connectivity index is 1.91. The van der Waals surface area contributed by atoms with Crippen molar-refractivity contribution in [3.63, 3.8) is 0 Å². The molecule has 6 nitrogen and oxygen atoms in total. The Kier molecular flexibility index (Phi) is 4.79. The van der Waals surface area contributed by atoms with E-state index in [9.17, 15) is 18.5 Å². The second kappa shape index (κ2) is 6.72. The van der Waals surface area contributed by atoms with Gasteiger partial charge in [0.2, 0.25) is 10.0 Å². The molecule has 0 radical (unpaired) electrons. The molecule has 0 unspecified atom stereocenters. The number of allylic oxidation sites excluding steroid dienone is 3. The first kappa shape index (κ1) is 17.8. The van der Waals surface area contributed by atoms with Crippen LogP contribution >= 0.6 is 0 Å². The molecule has 1 aromatic carbocycles. The molecule has 1 heterocycles. The molecule has 1 aliphatic carbocycles. The first-order valence-corrected chi connectivity index (χ1v) is 9.81. The van der Waals surface area contributed by atoms with Gasteiger partial charge in [0, 0.05) is 25.2 Å². The maximum atomic E-state index is 13.0. The van der Waals surface area contributed by atoms with E-state index in [0.717, 1.165) is 12.8 Å². The number of hydrogen-bond donors (Lipinski definition) is 0. The van der Waals surface area contributed by atoms with Crippen molar-refractivity contribution in [3.05, 3.63) is 57.7 Å². The lowest BCUT2D eigenvalue weighted by Crippen LogP contribution is -2.45. The molecular weight excluding hydrogens is 340 g/mol. The number of rotatable bonds is 3. The predicted molar refractivity (Wildman–Crippen MR) is 95.6 cm³/mol. The number of nitro benzene ring substituents is 1. The van der Waals surface area contributed by atoms with E-state index in [0.29, 0.717) is 13.1 Å². The van der Waals surface area contributed by atoms with Crippen molar-refractivity contribution in [3.8, 4) is 0 Å². The second-order valence-corrected chi connectivity index (χ2v) is 8.80. The van der Waals surface area contributed by atoms with E-state index < -0.39 is 14.9 Å². The van der Waals surface area contributed by atoms with Crippen LogP contribution in [-0.2, 0) is 10.0 Å². The summed E-state index contributed by atoms with van der Waals surface area (Å²) in [7, 11) is -3.65. The largest absolute Gasteiger partial charge is 0.269 e. The lowest BCUT2D eigenvalue weighted by molar-refractivity contribution is -0.384. The summed E-state index contributed by atoms with van der Waals surface area (Å²) in [4.78, 5) is 10.4. The summed E-state index contributed by atoms with van der Waals surface area (Å²) in [6, 6.07) is 5.14. The summed E-state index contributed by atoms with van der Waals surface area (Å²) in [6.45, 7) is 5.11. The molecule has 0 amide bonds. The van der Waals surface area contributed by atoms with Crippen LogP contribution in [0.1, 0.15) is 26.7 Å². The minimum Gasteiger partial charge on any atom is -0.258 e. The monoisotopic (exact) mass is 362 g/mol. The van der Waals surface area contributed by atoms with Gasteiger partial charge in [-0.1, -0.05) is 23.3 Å². The lowest BCUT2D eigenvalue weighted by atomic mass is 9.80. The number of fused-ring (bicyclic) bond motifs is 2. The molecule has 25 heavy (non-hydrogen) atoms. The molecule has 0 spiro atoms. The molecule has 0 N–H and O–H groups in total. The minimum absolute atomic E-state index is 0.109. The number of nitro groups is 1. The lowest BCUT2D eigenvalue weighted by Gasteiger charge is -2.39. The normalized spacial score (nSPS) is 24.0. The van der Waals surface area contributed by atoms with Crippen molar-refractivity contribution in [2.24, 2.45) is 11.8 Å². The van der Waals surface area contributed by atoms with Crippen LogP contribution in [0.25, 0.3) is 0 Å². The van der Waals surface area contributed by atoms with Crippen molar-refractivity contribution in [1.82, 2.24) is 4.31 Å². The third-order valence-corrected chi connectivity index (χ3v) is 6.84. The smallest absolute Gasteiger partial charge is 0.258 e. The van der Waals surface area contributed by atoms with Gasteiger partial charge in [-0.25, -0.2) is 8.42 Å². The Morgan fingerprint density at radius 3 is 2.04 bits per heavy atom. The molecule has 0 aromatic heterocycles. The van der Waals surface area contributed by atoms with Crippen LogP contribution in [-0.4, -0.2) is 30.7 Å². The standard InChI is InChI=1S/C18H22N2O4S/c1-13(2)18-14-5-3-4-6-15(18)12-19(11-14)25(23,24)17-9-7-16(8-10-17)20(21)22/h3-4,7-10,14-15H,5-6,11-12H2,1-2H3/t14-,15+. The van der Waals surface area contributed by atoms with Crippen molar-refractivity contribution in [2.45, 2.75) is 31.6 Å². The quantitative estimate of drug-likeness (QED) is 0.468. The maximum absolute atomic E-state index is 13.0. The minimum atomic E-state index is -3.65. The highest BCUT2D eigenvalue weighted by molar-refractivity contribution is 7.89. The van der Waals surface area contributed by atoms with Gasteiger partial charge in [0.1, 0.15) is 0 Å². The van der Waals surface area contributed by atoms with Gasteiger partial charge in [0.25, 0.3) is 5.69 Å². The topological polar surface area (TPSA) is 80.5 Å². The second-order valence-electron chi connectivity index (χ2n) is 6.87. The molecule has 1 aliphatic heterocycles. The predicted octanol–water partition coefficient (Wildman–Crippen LogP) is 3.52. The van der Waals surface area contributed by atoms with Crippen molar-refractivity contribution >= 4 is 15.7 Å². The third kappa shape index (κ3) is 3.39. The average Bonchev–Trinajstić information content (AvgIpc) is 2.70. The summed E-state index contributed by atoms with van der Waals surface area (Å²) >= 11 is 0. The highest BCUT2D eigenvalue weighted by Crippen LogP contribution is 2.39. The Labute approximate surface area is 148 Å². The van der Waals surface area contributed by atoms with Crippen LogP contribution in [0.15, 0.2) is 52.5 Å². The number of benzene rings is 1. The van der Waals surface area contributed by atoms with Gasteiger partial charge in [-0.2, -0.15) is 4.31 Å². The van der Waals surface area contributed by atoms with E-state index in [1.54, 1.807) is 4.31 Å². The number of hydrogen-bond acceptors (Lipinski definition) is 4. The molecule has 1 saturated heterocycles. The van der Waals surface area contributed by atoms with Gasteiger partial charge in [0.05, 0.1) is 9.82 Å². The van der Waals surface area contributed by atoms with Crippen molar-refractivity contribution < 1.29 is 13.3 Å². The van der Waals surface area contributed by atoms with Crippen LogP contribution < -0.4 is 0 Å². The van der Waals surface area contributed by atoms with Gasteiger partial charge in [0.15, 0.2) is 0 Å². The Hall–Kier alpha value is -1.99. The summed E-state index contributed by atoms with van der Waals surface area (Å²) in [5.74, 6) is 0.408. The van der Waals surface area contributed by atoms with Gasteiger partial charge in [-0.3, -0.25) is 10.1 Å². The number of nitrogens with zero attached hydrogens (tertiary/aromatic N) is 2. The summed E-state index contributed by atoms with van der Waals surface area (Å²) in [5, 5.41) is 10.8. The fraction of sp³-hybridized carbons (Fsp3) is 0.444. The van der Waals surface area contributed by atoms with Crippen LogP contribution in [0.4, 0.5) is 5.69 Å². The fourth-order valence-corrected chi connectivity index (χ4v) is 5.45. The molecule has 2 bridgehead atoms. The number of sulfonamides is 1. The number of non-ortho nitro benzene ring substituents is 1. The molecular formula is C18H22N2O4S. The molecule has 2 atom stereocenters. The number of piperidine rings is 1. The maximum Gasteiger partial charge on any atom is 0.269 e. The van der Waals surface area contributed by atoms with E-state index in [4.69, 9.17) is 0 Å². The zero-order chi connectivity index (χ0) is 18.2. The van der Waals surface area contributed by atoms with E-state index in [2.05, 4.69) is 26.0 Å². The van der Waals surface area contributed by atoms with E-state index >= 15 is 0 Å². The molecule has 1 fully saturated rings. The molecule has 7 heteroatoms. The fourth-order valence-electron chi connectivity index (χ4n) is 3.92. The molecule has 134 valence electrons. The van der Waals surface area contributed by atoms with Crippen LogP contribution in [0.2, 0.25) is 0 Å². The Morgan fingerprint density at radius 2 is 1.60 bits per heavy atom. The average molecular weight is 362 g/mol. The van der Waals surface area contributed by atoms with Crippen LogP contribution in [0.3, 0.4) is 0 Å². The van der Waals surface area contributed by atoms with Gasteiger partial charge in [-0.05, 0) is 50.7 Å². The zero-order valence-electron chi connectivity index (χ0n) is 14.4. The molecule has 1 aromatic rings. The Morgan fingerprint density at radius 1 is 1.08 bits per heavy atom. The van der Waals surface area contributed by atoms with E-state index in [1.165, 1.54) is 35.4 Å². The molecule has 3 rings (SSSR count). The summed E-state index contributed by atoms with van der Waals surface area (Å²) in [5.41, 5.74) is 2.56. The summed E-state index contributed by atoms with van der Waals surface area (Å²) < 4.78 is 27.6. The van der Waals surface area contributed by atoms with E-state index in [1.807, 2.05) is 0 Å². The summed E-state index contributed by atoms with van der Waals surface area (Å²) in [6.07, 6.45) is 6.00. The highest BCUT2D eigenvalue weighted by Gasteiger charge is 2.38. The van der Waals surface area contributed by atoms with Gasteiger partial charge in [-0.15, -0.1) is 0 Å². The first-order valence-electron chi connectivity index (χ1n) is 8.37. The highest BCUT2D eigenvalue weighted by atomic mass is 32.2. The first-order chi connectivity index (χ1) is 11.8. The zero-order valence-corrected chi connectivity index (χ0v) is 15.2. The van der Waals surface area contributed by atoms with Crippen LogP contribution in [0.5, 0.6) is 0 Å².